The Morgan fingerprint density at radius 3 is 2.10 bits per heavy atom. The van der Waals surface area contributed by atoms with Crippen LogP contribution in [-0.2, 0) is 4.79 Å². The van der Waals surface area contributed by atoms with Gasteiger partial charge in [-0.2, -0.15) is 0 Å². The number of piperazine rings is 1. The Hall–Kier alpha value is -1.30. The van der Waals surface area contributed by atoms with Crippen molar-refractivity contribution in [2.45, 2.75) is 26.7 Å². The minimum Gasteiger partial charge on any atom is -0.339 e. The van der Waals surface area contributed by atoms with Crippen molar-refractivity contribution >= 4 is 11.9 Å². The first-order valence-electron chi connectivity index (χ1n) is 7.60. The molecule has 1 fully saturated rings. The molecule has 0 bridgehead atoms. The Labute approximate surface area is 122 Å². The third-order valence-corrected chi connectivity index (χ3v) is 3.75. The van der Waals surface area contributed by atoms with Crippen molar-refractivity contribution in [2.24, 2.45) is 0 Å². The Kier molecular flexibility index (Phi) is 7.36. The molecule has 6 nitrogen and oxygen atoms in total. The van der Waals surface area contributed by atoms with E-state index >= 15 is 0 Å². The van der Waals surface area contributed by atoms with Gasteiger partial charge < -0.3 is 20.0 Å². The van der Waals surface area contributed by atoms with Crippen molar-refractivity contribution in [2.75, 3.05) is 52.9 Å². The summed E-state index contributed by atoms with van der Waals surface area (Å²) < 4.78 is 0. The molecule has 0 radical (unpaired) electrons. The second-order valence-electron chi connectivity index (χ2n) is 5.03. The molecule has 0 aliphatic carbocycles. The molecule has 1 aliphatic heterocycles. The standard InChI is InChI=1S/C14H28N4O2/c1-4-16(5-2)14(20)18-11-9-17(10-12-18)13(19)7-6-8-15-3/h15H,4-12H2,1-3H3. The molecule has 1 heterocycles. The normalized spacial score (nSPS) is 15.3. The van der Waals surface area contributed by atoms with Crippen molar-refractivity contribution in [1.82, 2.24) is 20.0 Å². The summed E-state index contributed by atoms with van der Waals surface area (Å²) in [6.45, 7) is 8.92. The van der Waals surface area contributed by atoms with Crippen molar-refractivity contribution < 1.29 is 9.59 Å². The molecule has 6 heteroatoms. The molecule has 0 aromatic carbocycles. The summed E-state index contributed by atoms with van der Waals surface area (Å²) >= 11 is 0. The number of urea groups is 1. The average Bonchev–Trinajstić information content (AvgIpc) is 2.48. The fraction of sp³-hybridized carbons (Fsp3) is 0.857. The van der Waals surface area contributed by atoms with E-state index in [9.17, 15) is 9.59 Å². The maximum atomic E-state index is 12.2. The quantitative estimate of drug-likeness (QED) is 0.726. The highest BCUT2D eigenvalue weighted by molar-refractivity contribution is 5.77. The van der Waals surface area contributed by atoms with Crippen molar-refractivity contribution in [1.29, 1.82) is 0 Å². The zero-order valence-corrected chi connectivity index (χ0v) is 13.0. The fourth-order valence-electron chi connectivity index (χ4n) is 2.42. The van der Waals surface area contributed by atoms with Crippen LogP contribution in [0, 0.1) is 0 Å². The summed E-state index contributed by atoms with van der Waals surface area (Å²) in [5, 5.41) is 3.04. The summed E-state index contributed by atoms with van der Waals surface area (Å²) in [7, 11) is 1.89. The Morgan fingerprint density at radius 2 is 1.60 bits per heavy atom. The largest absolute Gasteiger partial charge is 0.339 e. The number of carbonyl (C=O) groups is 2. The molecule has 20 heavy (non-hydrogen) atoms. The highest BCUT2D eigenvalue weighted by Gasteiger charge is 2.25. The van der Waals surface area contributed by atoms with Gasteiger partial charge in [-0.05, 0) is 33.9 Å². The van der Waals surface area contributed by atoms with Crippen molar-refractivity contribution in [3.63, 3.8) is 0 Å². The molecule has 0 saturated carbocycles. The molecule has 0 spiro atoms. The highest BCUT2D eigenvalue weighted by atomic mass is 16.2. The summed E-state index contributed by atoms with van der Waals surface area (Å²) in [6.07, 6.45) is 1.46. The average molecular weight is 284 g/mol. The van der Waals surface area contributed by atoms with Gasteiger partial charge in [0.15, 0.2) is 0 Å². The van der Waals surface area contributed by atoms with Crippen LogP contribution in [0.3, 0.4) is 0 Å². The minimum atomic E-state index is 0.0947. The van der Waals surface area contributed by atoms with E-state index in [1.54, 1.807) is 0 Å². The second-order valence-corrected chi connectivity index (χ2v) is 5.03. The fourth-order valence-corrected chi connectivity index (χ4v) is 2.42. The molecular weight excluding hydrogens is 256 g/mol. The summed E-state index contributed by atoms with van der Waals surface area (Å²) in [5.41, 5.74) is 0. The number of hydrogen-bond acceptors (Lipinski definition) is 3. The van der Waals surface area contributed by atoms with Crippen LogP contribution in [0.5, 0.6) is 0 Å². The highest BCUT2D eigenvalue weighted by Crippen LogP contribution is 2.08. The van der Waals surface area contributed by atoms with Gasteiger partial charge in [0.25, 0.3) is 0 Å². The van der Waals surface area contributed by atoms with E-state index in [0.717, 1.165) is 26.1 Å². The van der Waals surface area contributed by atoms with Gasteiger partial charge in [-0.15, -0.1) is 0 Å². The predicted octanol–water partition coefficient (Wildman–Crippen LogP) is 0.592. The minimum absolute atomic E-state index is 0.0947. The van der Waals surface area contributed by atoms with Gasteiger partial charge in [0.2, 0.25) is 5.91 Å². The third-order valence-electron chi connectivity index (χ3n) is 3.75. The van der Waals surface area contributed by atoms with Crippen molar-refractivity contribution in [3.05, 3.63) is 0 Å². The van der Waals surface area contributed by atoms with E-state index < -0.39 is 0 Å². The molecule has 116 valence electrons. The summed E-state index contributed by atoms with van der Waals surface area (Å²) in [5.74, 6) is 0.204. The van der Waals surface area contributed by atoms with Gasteiger partial charge in [-0.1, -0.05) is 0 Å². The monoisotopic (exact) mass is 284 g/mol. The second kappa shape index (κ2) is 8.79. The van der Waals surface area contributed by atoms with Crippen molar-refractivity contribution in [3.8, 4) is 0 Å². The van der Waals surface area contributed by atoms with Crippen LogP contribution in [0.25, 0.3) is 0 Å². The number of nitrogens with one attached hydrogen (secondary N) is 1. The molecule has 1 rings (SSSR count). The van der Waals surface area contributed by atoms with Crippen LogP contribution in [0.15, 0.2) is 0 Å². The topological polar surface area (TPSA) is 55.9 Å². The SMILES string of the molecule is CCN(CC)C(=O)N1CCN(C(=O)CCCNC)CC1. The molecular formula is C14H28N4O2. The first kappa shape index (κ1) is 16.8. The van der Waals surface area contributed by atoms with Crippen LogP contribution < -0.4 is 5.32 Å². The van der Waals surface area contributed by atoms with Gasteiger partial charge in [0.1, 0.15) is 0 Å². The van der Waals surface area contributed by atoms with Gasteiger partial charge in [-0.3, -0.25) is 4.79 Å². The van der Waals surface area contributed by atoms with Crippen LogP contribution in [-0.4, -0.2) is 79.5 Å². The van der Waals surface area contributed by atoms with E-state index in [1.165, 1.54) is 0 Å². The van der Waals surface area contributed by atoms with Crippen LogP contribution >= 0.6 is 0 Å². The summed E-state index contributed by atoms with van der Waals surface area (Å²) in [6, 6.07) is 0.0947. The number of nitrogens with zero attached hydrogens (tertiary/aromatic N) is 3. The lowest BCUT2D eigenvalue weighted by Gasteiger charge is -2.37. The van der Waals surface area contributed by atoms with Gasteiger partial charge >= 0.3 is 6.03 Å². The molecule has 1 N–H and O–H groups in total. The molecule has 0 aromatic heterocycles. The molecule has 1 aliphatic rings. The first-order valence-corrected chi connectivity index (χ1v) is 7.60. The van der Waals surface area contributed by atoms with Crippen LogP contribution in [0.4, 0.5) is 4.79 Å². The Balaban J connectivity index is 2.35. The van der Waals surface area contributed by atoms with E-state index in [2.05, 4.69) is 5.32 Å². The maximum absolute atomic E-state index is 12.2. The van der Waals surface area contributed by atoms with Gasteiger partial charge in [0.05, 0.1) is 0 Å². The third kappa shape index (κ3) is 4.67. The number of rotatable bonds is 6. The predicted molar refractivity (Wildman–Crippen MR) is 79.6 cm³/mol. The van der Waals surface area contributed by atoms with E-state index in [0.29, 0.717) is 32.6 Å². The molecule has 3 amide bonds. The van der Waals surface area contributed by atoms with E-state index in [-0.39, 0.29) is 11.9 Å². The smallest absolute Gasteiger partial charge is 0.320 e. The number of carbonyl (C=O) groups excluding carboxylic acids is 2. The molecule has 0 atom stereocenters. The van der Waals surface area contributed by atoms with Crippen LogP contribution in [0.2, 0.25) is 0 Å². The lowest BCUT2D eigenvalue weighted by molar-refractivity contribution is -0.132. The maximum Gasteiger partial charge on any atom is 0.320 e. The number of hydrogen-bond donors (Lipinski definition) is 1. The first-order chi connectivity index (χ1) is 9.63. The zero-order valence-electron chi connectivity index (χ0n) is 13.0. The Bertz CT molecular complexity index is 310. The van der Waals surface area contributed by atoms with Gasteiger partial charge in [0, 0.05) is 45.7 Å². The lowest BCUT2D eigenvalue weighted by Crippen LogP contribution is -2.54. The van der Waals surface area contributed by atoms with Crippen LogP contribution in [0.1, 0.15) is 26.7 Å². The van der Waals surface area contributed by atoms with Gasteiger partial charge in [-0.25, -0.2) is 4.79 Å². The molecule has 1 saturated heterocycles. The van der Waals surface area contributed by atoms with E-state index in [1.807, 2.05) is 35.6 Å². The molecule has 0 unspecified atom stereocenters. The molecule has 0 aromatic rings. The lowest BCUT2D eigenvalue weighted by atomic mass is 10.2. The zero-order chi connectivity index (χ0) is 15.0. The Morgan fingerprint density at radius 1 is 1.05 bits per heavy atom. The summed E-state index contributed by atoms with van der Waals surface area (Å²) in [4.78, 5) is 29.7. The van der Waals surface area contributed by atoms with E-state index in [4.69, 9.17) is 0 Å². The number of amides is 3.